The molecule has 0 aromatic carbocycles. The summed E-state index contributed by atoms with van der Waals surface area (Å²) in [5.41, 5.74) is -3.13. The van der Waals surface area contributed by atoms with Crippen LogP contribution in [0.5, 0.6) is 0 Å². The molecular formula is C3H7O2PS3. The van der Waals surface area contributed by atoms with Gasteiger partial charge in [-0.2, -0.15) is 0 Å². The van der Waals surface area contributed by atoms with Crippen LogP contribution in [0.2, 0.25) is 0 Å². The highest BCUT2D eigenvalue weighted by Crippen LogP contribution is 2.51. The van der Waals surface area contributed by atoms with Gasteiger partial charge < -0.3 is 9.79 Å². The topological polar surface area (TPSA) is 40.5 Å². The van der Waals surface area contributed by atoms with Crippen LogP contribution >= 0.6 is 29.3 Å². The largest absolute Gasteiger partial charge is 0.337 e. The zero-order valence-electron chi connectivity index (χ0n) is 4.77. The summed E-state index contributed by atoms with van der Waals surface area (Å²) in [4.78, 5) is 17.4. The van der Waals surface area contributed by atoms with Gasteiger partial charge in [-0.25, -0.2) is 0 Å². The van der Waals surface area contributed by atoms with Gasteiger partial charge in [0.15, 0.2) is 0 Å². The van der Waals surface area contributed by atoms with E-state index in [1.165, 1.54) is 0 Å². The van der Waals surface area contributed by atoms with Crippen LogP contribution in [0.15, 0.2) is 0 Å². The van der Waals surface area contributed by atoms with E-state index in [-0.39, 0.29) is 0 Å². The molecule has 0 radical (unpaired) electrons. The Morgan fingerprint density at radius 3 is 2.22 bits per heavy atom. The third-order valence-corrected chi connectivity index (χ3v) is 4.19. The summed E-state index contributed by atoms with van der Waals surface area (Å²) in [7, 11) is 0. The molecule has 0 aliphatic heterocycles. The van der Waals surface area contributed by atoms with Crippen LogP contribution in [-0.2, 0) is 11.8 Å². The Hall–Kier alpha value is 1.01. The number of hydrogen-bond acceptors (Lipinski definition) is 3. The number of thiocarbonyl (C=S) groups is 1. The van der Waals surface area contributed by atoms with Crippen molar-refractivity contribution < 1.29 is 9.79 Å². The molecule has 0 aliphatic carbocycles. The Bertz CT molecular complexity index is 151. The average molecular weight is 202 g/mol. The van der Waals surface area contributed by atoms with Crippen molar-refractivity contribution >= 4 is 45.3 Å². The molecule has 0 unspecified atom stereocenters. The van der Waals surface area contributed by atoms with E-state index in [1.807, 2.05) is 6.92 Å². The van der Waals surface area contributed by atoms with Crippen molar-refractivity contribution in [3.63, 3.8) is 0 Å². The average Bonchev–Trinajstić information content (AvgIpc) is 1.62. The first-order valence-electron chi connectivity index (χ1n) is 2.23. The maximum Gasteiger partial charge on any atom is 0.247 e. The lowest BCUT2D eigenvalue weighted by Crippen LogP contribution is -1.82. The molecule has 0 atom stereocenters. The Balaban J connectivity index is 3.75. The summed E-state index contributed by atoms with van der Waals surface area (Å²) in [5.74, 6) is 0. The molecule has 0 aromatic heterocycles. The molecule has 0 amide bonds. The zero-order chi connectivity index (χ0) is 7.49. The van der Waals surface area contributed by atoms with Crippen molar-refractivity contribution in [1.29, 1.82) is 0 Å². The quantitative estimate of drug-likeness (QED) is 0.526. The molecule has 2 N–H and O–H groups in total. The van der Waals surface area contributed by atoms with Crippen molar-refractivity contribution in [3.05, 3.63) is 0 Å². The first kappa shape index (κ1) is 10.0. The summed E-state index contributed by atoms with van der Waals surface area (Å²) < 4.78 is 0.559. The fraction of sp³-hybridized carbons (Fsp3) is 0.667. The van der Waals surface area contributed by atoms with E-state index in [2.05, 4.69) is 11.8 Å². The SMILES string of the molecule is CCC(=S)SP(O)(O)=S. The Morgan fingerprint density at radius 1 is 1.67 bits per heavy atom. The lowest BCUT2D eigenvalue weighted by Gasteiger charge is -2.04. The van der Waals surface area contributed by atoms with Crippen molar-refractivity contribution in [2.75, 3.05) is 0 Å². The lowest BCUT2D eigenvalue weighted by molar-refractivity contribution is 0.502. The molecule has 0 heterocycles. The van der Waals surface area contributed by atoms with Gasteiger partial charge in [-0.05, 0) is 29.6 Å². The van der Waals surface area contributed by atoms with Crippen LogP contribution in [0.4, 0.5) is 0 Å². The second-order valence-electron chi connectivity index (χ2n) is 1.31. The number of hydrogen-bond donors (Lipinski definition) is 2. The normalized spacial score (nSPS) is 11.4. The van der Waals surface area contributed by atoms with Crippen molar-refractivity contribution in [1.82, 2.24) is 0 Å². The monoisotopic (exact) mass is 202 g/mol. The fourth-order valence-electron chi connectivity index (χ4n) is 0.197. The molecule has 9 heavy (non-hydrogen) atoms. The highest BCUT2D eigenvalue weighted by molar-refractivity contribution is 8.74. The van der Waals surface area contributed by atoms with Crippen LogP contribution in [0, 0.1) is 0 Å². The standard InChI is InChI=1S/C3H7O2PS3/c1-2-3(7)9-6(4,5)8/h2H2,1H3,(H2,4,5,8). The zero-order valence-corrected chi connectivity index (χ0v) is 8.12. The molecule has 0 aliphatic rings. The molecular weight excluding hydrogens is 195 g/mol. The van der Waals surface area contributed by atoms with Crippen LogP contribution in [0.1, 0.15) is 13.3 Å². The van der Waals surface area contributed by atoms with Crippen molar-refractivity contribution in [3.8, 4) is 0 Å². The number of rotatable bonds is 2. The Kier molecular flexibility index (Phi) is 4.46. The van der Waals surface area contributed by atoms with Crippen LogP contribution in [0.3, 0.4) is 0 Å². The molecule has 0 saturated carbocycles. The molecule has 0 rings (SSSR count). The fourth-order valence-corrected chi connectivity index (χ4v) is 3.94. The van der Waals surface area contributed by atoms with Gasteiger partial charge in [0, 0.05) is 0 Å². The maximum absolute atomic E-state index is 8.68. The van der Waals surface area contributed by atoms with Crippen LogP contribution < -0.4 is 0 Å². The minimum atomic E-state index is -3.13. The van der Waals surface area contributed by atoms with Crippen molar-refractivity contribution in [2.24, 2.45) is 0 Å². The molecule has 0 bridgehead atoms. The second kappa shape index (κ2) is 4.01. The van der Waals surface area contributed by atoms with Gasteiger partial charge >= 0.3 is 0 Å². The predicted octanol–water partition coefficient (Wildman–Crippen LogP) is 1.67. The molecule has 54 valence electrons. The molecule has 2 nitrogen and oxygen atoms in total. The summed E-state index contributed by atoms with van der Waals surface area (Å²) in [6.45, 7) is 1.85. The van der Waals surface area contributed by atoms with E-state index in [0.29, 0.717) is 10.6 Å². The summed E-state index contributed by atoms with van der Waals surface area (Å²) in [6, 6.07) is 0. The Morgan fingerprint density at radius 2 is 2.11 bits per heavy atom. The van der Waals surface area contributed by atoms with Gasteiger partial charge in [0.2, 0.25) is 5.69 Å². The minimum Gasteiger partial charge on any atom is -0.337 e. The smallest absolute Gasteiger partial charge is 0.247 e. The van der Waals surface area contributed by atoms with E-state index in [9.17, 15) is 0 Å². The molecule has 0 saturated heterocycles. The third-order valence-electron chi connectivity index (χ3n) is 0.509. The molecule has 0 aromatic rings. The van der Waals surface area contributed by atoms with E-state index >= 15 is 0 Å². The molecule has 6 heteroatoms. The predicted molar refractivity (Wildman–Crippen MR) is 49.2 cm³/mol. The highest BCUT2D eigenvalue weighted by Gasteiger charge is 2.09. The first-order valence-corrected chi connectivity index (χ1v) is 6.77. The summed E-state index contributed by atoms with van der Waals surface area (Å²) >= 11 is 9.86. The van der Waals surface area contributed by atoms with E-state index in [0.717, 1.165) is 11.4 Å². The minimum absolute atomic E-state index is 0.559. The van der Waals surface area contributed by atoms with Gasteiger partial charge in [-0.15, -0.1) is 0 Å². The van der Waals surface area contributed by atoms with Gasteiger partial charge in [-0.3, -0.25) is 0 Å². The molecule has 0 fully saturated rings. The van der Waals surface area contributed by atoms with E-state index < -0.39 is 5.69 Å². The molecule has 0 spiro atoms. The van der Waals surface area contributed by atoms with Crippen LogP contribution in [-0.4, -0.2) is 14.0 Å². The first-order chi connectivity index (χ1) is 3.95. The van der Waals surface area contributed by atoms with Gasteiger partial charge in [-0.1, -0.05) is 19.1 Å². The van der Waals surface area contributed by atoms with Crippen LogP contribution in [0.25, 0.3) is 0 Å². The summed E-state index contributed by atoms with van der Waals surface area (Å²) in [5, 5.41) is 0. The maximum atomic E-state index is 8.68. The van der Waals surface area contributed by atoms with Gasteiger partial charge in [0.05, 0.1) is 4.20 Å². The Labute approximate surface area is 68.6 Å². The van der Waals surface area contributed by atoms with E-state index in [4.69, 9.17) is 22.0 Å². The lowest BCUT2D eigenvalue weighted by atomic mass is 10.6. The van der Waals surface area contributed by atoms with Gasteiger partial charge in [0.25, 0.3) is 0 Å². The van der Waals surface area contributed by atoms with Crippen molar-refractivity contribution in [2.45, 2.75) is 13.3 Å². The van der Waals surface area contributed by atoms with E-state index in [1.54, 1.807) is 0 Å². The highest BCUT2D eigenvalue weighted by atomic mass is 32.9. The summed E-state index contributed by atoms with van der Waals surface area (Å²) in [6.07, 6.45) is 0.652. The third kappa shape index (κ3) is 6.90. The second-order valence-corrected chi connectivity index (χ2v) is 8.01. The van der Waals surface area contributed by atoms with Gasteiger partial charge in [0.1, 0.15) is 0 Å².